The molecule has 0 radical (unpaired) electrons. The summed E-state index contributed by atoms with van der Waals surface area (Å²) in [6, 6.07) is 23.4. The maximum Gasteiger partial charge on any atom is 0.360 e. The predicted molar refractivity (Wildman–Crippen MR) is 143 cm³/mol. The fraction of sp³-hybridized carbons (Fsp3) is 0.267. The minimum Gasteiger partial charge on any atom is -0.422 e. The highest BCUT2D eigenvalue weighted by Gasteiger charge is 2.20. The van der Waals surface area contributed by atoms with Crippen LogP contribution >= 0.6 is 0 Å². The minimum atomic E-state index is -0.456. The molecule has 0 spiro atoms. The average Bonchev–Trinajstić information content (AvgIpc) is 3.24. The van der Waals surface area contributed by atoms with Gasteiger partial charge in [-0.05, 0) is 55.8 Å². The average molecular weight is 482 g/mol. The van der Waals surface area contributed by atoms with Gasteiger partial charge in [0.05, 0.1) is 0 Å². The van der Waals surface area contributed by atoms with Gasteiger partial charge in [0.25, 0.3) is 0 Å². The van der Waals surface area contributed by atoms with Crippen molar-refractivity contribution in [3.63, 3.8) is 0 Å². The molecule has 0 amide bonds. The molecular weight excluding hydrogens is 450 g/mol. The third-order valence-corrected chi connectivity index (χ3v) is 6.93. The van der Waals surface area contributed by atoms with E-state index in [1.807, 2.05) is 32.0 Å². The van der Waals surface area contributed by atoms with E-state index >= 15 is 0 Å². The number of H-pyrrole nitrogens is 1. The summed E-state index contributed by atoms with van der Waals surface area (Å²) in [4.78, 5) is 33.7. The van der Waals surface area contributed by atoms with Crippen molar-refractivity contribution < 1.29 is 14.3 Å². The van der Waals surface area contributed by atoms with Crippen LogP contribution in [0.15, 0.2) is 72.8 Å². The number of nitrogens with one attached hydrogen (secondary N) is 1. The normalized spacial score (nSPS) is 14.2. The number of piperazine rings is 1. The highest BCUT2D eigenvalue weighted by Crippen LogP contribution is 2.25. The fourth-order valence-electron chi connectivity index (χ4n) is 4.81. The number of esters is 1. The van der Waals surface area contributed by atoms with Crippen molar-refractivity contribution >= 4 is 28.3 Å². The van der Waals surface area contributed by atoms with Gasteiger partial charge in [0, 0.05) is 61.3 Å². The Balaban J connectivity index is 1.17. The first kappa shape index (κ1) is 23.8. The van der Waals surface area contributed by atoms with Crippen LogP contribution in [0.5, 0.6) is 5.75 Å². The van der Waals surface area contributed by atoms with Gasteiger partial charge in [0.1, 0.15) is 11.4 Å². The van der Waals surface area contributed by atoms with Gasteiger partial charge in [-0.2, -0.15) is 0 Å². The van der Waals surface area contributed by atoms with E-state index in [0.717, 1.165) is 54.8 Å². The minimum absolute atomic E-state index is 0.0515. The molecule has 2 heterocycles. The van der Waals surface area contributed by atoms with Crippen LogP contribution in [0.1, 0.15) is 38.4 Å². The number of rotatable bonds is 7. The smallest absolute Gasteiger partial charge is 0.360 e. The van der Waals surface area contributed by atoms with Crippen molar-refractivity contribution in [2.24, 2.45) is 0 Å². The van der Waals surface area contributed by atoms with E-state index in [1.165, 1.54) is 5.69 Å². The molecule has 1 fully saturated rings. The topological polar surface area (TPSA) is 65.6 Å². The van der Waals surface area contributed by atoms with E-state index in [0.29, 0.717) is 23.4 Å². The van der Waals surface area contributed by atoms with Crippen LogP contribution < -0.4 is 9.64 Å². The summed E-state index contributed by atoms with van der Waals surface area (Å²) in [6.07, 6.45) is 0.434. The van der Waals surface area contributed by atoms with Gasteiger partial charge in [-0.25, -0.2) is 4.79 Å². The van der Waals surface area contributed by atoms with E-state index in [4.69, 9.17) is 4.74 Å². The quantitative estimate of drug-likeness (QED) is 0.218. The number of hydrogen-bond acceptors (Lipinski definition) is 5. The summed E-state index contributed by atoms with van der Waals surface area (Å²) < 4.78 is 5.64. The maximum absolute atomic E-state index is 12.9. The summed E-state index contributed by atoms with van der Waals surface area (Å²) >= 11 is 0. The van der Waals surface area contributed by atoms with Crippen molar-refractivity contribution in [3.05, 3.63) is 95.2 Å². The van der Waals surface area contributed by atoms with Crippen molar-refractivity contribution in [3.8, 4) is 5.75 Å². The van der Waals surface area contributed by atoms with Gasteiger partial charge in [-0.15, -0.1) is 0 Å². The number of carbonyl (C=O) groups is 2. The van der Waals surface area contributed by atoms with Crippen LogP contribution in [-0.4, -0.2) is 54.4 Å². The molecular formula is C30H31N3O3. The molecule has 0 unspecified atom stereocenters. The molecule has 0 atom stereocenters. The lowest BCUT2D eigenvalue weighted by Crippen LogP contribution is -2.46. The molecule has 3 aromatic carbocycles. The van der Waals surface area contributed by atoms with Gasteiger partial charge < -0.3 is 14.6 Å². The molecule has 1 saturated heterocycles. The number of anilines is 1. The van der Waals surface area contributed by atoms with E-state index in [-0.39, 0.29) is 5.78 Å². The van der Waals surface area contributed by atoms with Crippen LogP contribution in [0.3, 0.4) is 0 Å². The number of nitrogens with zero attached hydrogens (tertiary/aromatic N) is 2. The Morgan fingerprint density at radius 1 is 0.889 bits per heavy atom. The summed E-state index contributed by atoms with van der Waals surface area (Å²) in [5, 5.41) is 1.01. The molecule has 5 rings (SSSR count). The lowest BCUT2D eigenvalue weighted by Gasteiger charge is -2.36. The Hall–Kier alpha value is -3.90. The van der Waals surface area contributed by atoms with Crippen molar-refractivity contribution in [1.29, 1.82) is 0 Å². The van der Waals surface area contributed by atoms with Crippen molar-refractivity contribution in [2.75, 3.05) is 37.6 Å². The standard InChI is InChI=1S/C30H31N3O3/c1-21-11-12-27-26(19-21)22(2)29(31-27)30(35)36-25-10-6-7-23(20-25)28(34)13-14-32-15-17-33(18-16-32)24-8-4-3-5-9-24/h3-12,19-20,31H,13-18H2,1-2H3. The van der Waals surface area contributed by atoms with E-state index in [9.17, 15) is 9.59 Å². The van der Waals surface area contributed by atoms with Gasteiger partial charge in [-0.1, -0.05) is 42.0 Å². The second kappa shape index (κ2) is 10.4. The summed E-state index contributed by atoms with van der Waals surface area (Å²) in [7, 11) is 0. The Morgan fingerprint density at radius 2 is 1.67 bits per heavy atom. The first-order chi connectivity index (χ1) is 17.5. The second-order valence-corrected chi connectivity index (χ2v) is 9.43. The lowest BCUT2D eigenvalue weighted by molar-refractivity contribution is 0.0727. The largest absolute Gasteiger partial charge is 0.422 e. The van der Waals surface area contributed by atoms with Gasteiger partial charge in [-0.3, -0.25) is 9.69 Å². The molecule has 6 nitrogen and oxygen atoms in total. The number of Topliss-reactive ketones (excluding diaryl/α,β-unsaturated/α-hetero) is 1. The number of fused-ring (bicyclic) bond motifs is 1. The zero-order chi connectivity index (χ0) is 25.1. The SMILES string of the molecule is Cc1ccc2[nH]c(C(=O)Oc3cccc(C(=O)CCN4CCN(c5ccccc5)CC4)c3)c(C)c2c1. The third-order valence-electron chi connectivity index (χ3n) is 6.93. The number of ketones is 1. The lowest BCUT2D eigenvalue weighted by atomic mass is 10.1. The monoisotopic (exact) mass is 481 g/mol. The molecule has 1 aliphatic rings. The number of aromatic nitrogens is 1. The van der Waals surface area contributed by atoms with Crippen LogP contribution in [-0.2, 0) is 0 Å². The Morgan fingerprint density at radius 3 is 2.44 bits per heavy atom. The Kier molecular flexibility index (Phi) is 6.87. The van der Waals surface area contributed by atoms with Crippen LogP contribution in [0.2, 0.25) is 0 Å². The highest BCUT2D eigenvalue weighted by atomic mass is 16.5. The maximum atomic E-state index is 12.9. The van der Waals surface area contributed by atoms with Gasteiger partial charge in [0.2, 0.25) is 0 Å². The van der Waals surface area contributed by atoms with Crippen molar-refractivity contribution in [1.82, 2.24) is 9.88 Å². The van der Waals surface area contributed by atoms with Crippen molar-refractivity contribution in [2.45, 2.75) is 20.3 Å². The molecule has 0 bridgehead atoms. The van der Waals surface area contributed by atoms with Crippen LogP contribution in [0, 0.1) is 13.8 Å². The first-order valence-electron chi connectivity index (χ1n) is 12.4. The third kappa shape index (κ3) is 5.19. The predicted octanol–water partition coefficient (Wildman–Crippen LogP) is 5.40. The molecule has 0 saturated carbocycles. The molecule has 1 N–H and O–H groups in total. The number of benzene rings is 3. The molecule has 6 heteroatoms. The molecule has 4 aromatic rings. The molecule has 0 aliphatic carbocycles. The Labute approximate surface area is 211 Å². The summed E-state index contributed by atoms with van der Waals surface area (Å²) in [6.45, 7) is 8.43. The summed E-state index contributed by atoms with van der Waals surface area (Å²) in [5.41, 5.74) is 5.14. The zero-order valence-corrected chi connectivity index (χ0v) is 20.8. The molecule has 36 heavy (non-hydrogen) atoms. The summed E-state index contributed by atoms with van der Waals surface area (Å²) in [5.74, 6) is -0.0329. The zero-order valence-electron chi connectivity index (χ0n) is 20.8. The van der Waals surface area contributed by atoms with Gasteiger partial charge in [0.15, 0.2) is 5.78 Å². The second-order valence-electron chi connectivity index (χ2n) is 9.43. The van der Waals surface area contributed by atoms with Crippen LogP contribution in [0.25, 0.3) is 10.9 Å². The highest BCUT2D eigenvalue weighted by molar-refractivity contribution is 6.00. The molecule has 1 aromatic heterocycles. The Bertz CT molecular complexity index is 1390. The number of hydrogen-bond donors (Lipinski definition) is 1. The van der Waals surface area contributed by atoms with Crippen LogP contribution in [0.4, 0.5) is 5.69 Å². The van der Waals surface area contributed by atoms with E-state index in [1.54, 1.807) is 24.3 Å². The van der Waals surface area contributed by atoms with Gasteiger partial charge >= 0.3 is 5.97 Å². The number of aromatic amines is 1. The molecule has 1 aliphatic heterocycles. The number of ether oxygens (including phenoxy) is 1. The first-order valence-corrected chi connectivity index (χ1v) is 12.4. The molecule has 184 valence electrons. The number of carbonyl (C=O) groups excluding carboxylic acids is 2. The fourth-order valence-corrected chi connectivity index (χ4v) is 4.81. The number of aryl methyl sites for hydroxylation is 2. The number of para-hydroxylation sites is 1. The van der Waals surface area contributed by atoms with E-state index < -0.39 is 5.97 Å². The van der Waals surface area contributed by atoms with E-state index in [2.05, 4.69) is 45.1 Å².